The van der Waals surface area contributed by atoms with Crippen molar-refractivity contribution in [2.24, 2.45) is 0 Å². The number of nitrogens with one attached hydrogen (secondary N) is 2. The van der Waals surface area contributed by atoms with Crippen molar-refractivity contribution < 1.29 is 4.74 Å². The van der Waals surface area contributed by atoms with Crippen molar-refractivity contribution in [1.82, 2.24) is 9.97 Å². The first-order valence-corrected chi connectivity index (χ1v) is 7.86. The number of benzene rings is 2. The zero-order valence-corrected chi connectivity index (χ0v) is 14.3. The van der Waals surface area contributed by atoms with Crippen molar-refractivity contribution in [2.75, 3.05) is 17.7 Å². The number of ether oxygens (including phenoxy) is 1. The Morgan fingerprint density at radius 3 is 2.58 bits per heavy atom. The third-order valence-electron chi connectivity index (χ3n) is 3.20. The summed E-state index contributed by atoms with van der Waals surface area (Å²) < 4.78 is 5.31. The molecule has 1 aromatic heterocycles. The summed E-state index contributed by atoms with van der Waals surface area (Å²) in [5.74, 6) is 1.79. The molecule has 0 atom stereocenters. The summed E-state index contributed by atoms with van der Waals surface area (Å²) in [6.07, 6.45) is 1.66. The summed E-state index contributed by atoms with van der Waals surface area (Å²) in [7, 11) is 1.61. The minimum atomic E-state index is 0.449. The summed E-state index contributed by atoms with van der Waals surface area (Å²) in [5.41, 5.74) is 1.57. The van der Waals surface area contributed by atoms with Gasteiger partial charge in [-0.1, -0.05) is 35.3 Å². The zero-order valence-electron chi connectivity index (χ0n) is 12.8. The molecule has 0 unspecified atom stereocenters. The number of hydrogen-bond donors (Lipinski definition) is 2. The number of nitrogens with zero attached hydrogens (tertiary/aromatic N) is 2. The van der Waals surface area contributed by atoms with Crippen LogP contribution >= 0.6 is 23.2 Å². The lowest BCUT2D eigenvalue weighted by Crippen LogP contribution is -2.01. The van der Waals surface area contributed by atoms with E-state index in [9.17, 15) is 0 Å². The number of methoxy groups -OCH3 is 1. The molecule has 2 N–H and O–H groups in total. The van der Waals surface area contributed by atoms with Crippen LogP contribution in [-0.4, -0.2) is 17.1 Å². The first kappa shape index (κ1) is 16.4. The molecular formula is C17H14Cl2N4O. The maximum absolute atomic E-state index is 6.02. The zero-order chi connectivity index (χ0) is 16.9. The first-order chi connectivity index (χ1) is 11.7. The Labute approximate surface area is 149 Å². The topological polar surface area (TPSA) is 59.1 Å². The van der Waals surface area contributed by atoms with Gasteiger partial charge < -0.3 is 15.4 Å². The Kier molecular flexibility index (Phi) is 5.03. The highest BCUT2D eigenvalue weighted by molar-refractivity contribution is 6.42. The van der Waals surface area contributed by atoms with Gasteiger partial charge in [-0.2, -0.15) is 4.98 Å². The second-order valence-corrected chi connectivity index (χ2v) is 5.66. The monoisotopic (exact) mass is 360 g/mol. The molecule has 0 aliphatic rings. The van der Waals surface area contributed by atoms with Gasteiger partial charge in [0, 0.05) is 11.9 Å². The minimum Gasteiger partial charge on any atom is -0.495 e. The van der Waals surface area contributed by atoms with Crippen molar-refractivity contribution in [3.63, 3.8) is 0 Å². The van der Waals surface area contributed by atoms with E-state index >= 15 is 0 Å². The number of para-hydroxylation sites is 2. The fourth-order valence-corrected chi connectivity index (χ4v) is 2.38. The SMILES string of the molecule is COc1ccccc1Nc1nccc(Nc2ccc(Cl)c(Cl)c2)n1. The number of halogens is 2. The fourth-order valence-electron chi connectivity index (χ4n) is 2.08. The molecule has 122 valence electrons. The van der Waals surface area contributed by atoms with Gasteiger partial charge in [0.05, 0.1) is 22.8 Å². The second-order valence-electron chi connectivity index (χ2n) is 4.84. The van der Waals surface area contributed by atoms with Crippen LogP contribution in [0.1, 0.15) is 0 Å². The smallest absolute Gasteiger partial charge is 0.229 e. The Morgan fingerprint density at radius 1 is 0.958 bits per heavy atom. The fraction of sp³-hybridized carbons (Fsp3) is 0.0588. The highest BCUT2D eigenvalue weighted by atomic mass is 35.5. The molecular weight excluding hydrogens is 347 g/mol. The van der Waals surface area contributed by atoms with Crippen LogP contribution in [0.5, 0.6) is 5.75 Å². The van der Waals surface area contributed by atoms with E-state index in [0.717, 1.165) is 11.4 Å². The van der Waals surface area contributed by atoms with Gasteiger partial charge in [0.2, 0.25) is 5.95 Å². The molecule has 1 heterocycles. The lowest BCUT2D eigenvalue weighted by Gasteiger charge is -2.11. The van der Waals surface area contributed by atoms with E-state index in [0.29, 0.717) is 27.6 Å². The van der Waals surface area contributed by atoms with Gasteiger partial charge in [-0.3, -0.25) is 0 Å². The summed E-state index contributed by atoms with van der Waals surface area (Å²) >= 11 is 11.9. The Balaban J connectivity index is 1.80. The molecule has 0 amide bonds. The molecule has 0 aliphatic heterocycles. The van der Waals surface area contributed by atoms with Crippen LogP contribution in [0, 0.1) is 0 Å². The van der Waals surface area contributed by atoms with Crippen molar-refractivity contribution >= 4 is 46.3 Å². The Hall–Kier alpha value is -2.50. The number of rotatable bonds is 5. The normalized spacial score (nSPS) is 10.3. The van der Waals surface area contributed by atoms with E-state index in [-0.39, 0.29) is 0 Å². The average molecular weight is 361 g/mol. The molecule has 0 bridgehead atoms. The summed E-state index contributed by atoms with van der Waals surface area (Å²) in [6, 6.07) is 14.6. The van der Waals surface area contributed by atoms with Gasteiger partial charge in [0.15, 0.2) is 0 Å². The van der Waals surface area contributed by atoms with Gasteiger partial charge in [0.1, 0.15) is 11.6 Å². The number of hydrogen-bond acceptors (Lipinski definition) is 5. The van der Waals surface area contributed by atoms with Gasteiger partial charge >= 0.3 is 0 Å². The van der Waals surface area contributed by atoms with E-state index < -0.39 is 0 Å². The molecule has 24 heavy (non-hydrogen) atoms. The Bertz CT molecular complexity index is 857. The molecule has 2 aromatic carbocycles. The van der Waals surface area contributed by atoms with Crippen LogP contribution in [-0.2, 0) is 0 Å². The second kappa shape index (κ2) is 7.38. The first-order valence-electron chi connectivity index (χ1n) is 7.11. The van der Waals surface area contributed by atoms with Crippen LogP contribution in [0.15, 0.2) is 54.7 Å². The number of aromatic nitrogens is 2. The molecule has 0 aliphatic carbocycles. The van der Waals surface area contributed by atoms with Gasteiger partial charge in [-0.05, 0) is 36.4 Å². The van der Waals surface area contributed by atoms with Crippen LogP contribution in [0.2, 0.25) is 10.0 Å². The van der Waals surface area contributed by atoms with E-state index in [2.05, 4.69) is 20.6 Å². The van der Waals surface area contributed by atoms with Gasteiger partial charge in [-0.15, -0.1) is 0 Å². The Morgan fingerprint density at radius 2 is 1.79 bits per heavy atom. The predicted octanol–water partition coefficient (Wildman–Crippen LogP) is 5.28. The molecule has 5 nitrogen and oxygen atoms in total. The van der Waals surface area contributed by atoms with Crippen LogP contribution in [0.3, 0.4) is 0 Å². The number of anilines is 4. The molecule has 0 saturated carbocycles. The third kappa shape index (κ3) is 3.88. The highest BCUT2D eigenvalue weighted by Crippen LogP contribution is 2.28. The molecule has 3 rings (SSSR count). The molecule has 0 radical (unpaired) electrons. The van der Waals surface area contributed by atoms with Crippen LogP contribution < -0.4 is 15.4 Å². The molecule has 7 heteroatoms. The van der Waals surface area contributed by atoms with E-state index in [1.54, 1.807) is 31.5 Å². The van der Waals surface area contributed by atoms with Crippen molar-refractivity contribution in [2.45, 2.75) is 0 Å². The van der Waals surface area contributed by atoms with Crippen LogP contribution in [0.4, 0.5) is 23.1 Å². The molecule has 0 spiro atoms. The molecule has 0 fully saturated rings. The lowest BCUT2D eigenvalue weighted by molar-refractivity contribution is 0.417. The predicted molar refractivity (Wildman–Crippen MR) is 98.1 cm³/mol. The third-order valence-corrected chi connectivity index (χ3v) is 3.94. The van der Waals surface area contributed by atoms with E-state index in [1.807, 2.05) is 30.3 Å². The van der Waals surface area contributed by atoms with Gasteiger partial charge in [-0.25, -0.2) is 4.98 Å². The maximum atomic E-state index is 6.02. The summed E-state index contributed by atoms with van der Waals surface area (Å²) in [5, 5.41) is 7.28. The maximum Gasteiger partial charge on any atom is 0.229 e. The van der Waals surface area contributed by atoms with Crippen molar-refractivity contribution in [3.8, 4) is 5.75 Å². The summed E-state index contributed by atoms with van der Waals surface area (Å²) in [4.78, 5) is 8.64. The minimum absolute atomic E-state index is 0.449. The average Bonchev–Trinajstić information content (AvgIpc) is 2.59. The standard InChI is InChI=1S/C17H14Cl2N4O/c1-24-15-5-3-2-4-14(15)22-17-20-9-8-16(23-17)21-11-6-7-12(18)13(19)10-11/h2-10H,1H3,(H2,20,21,22,23). The molecule has 0 saturated heterocycles. The lowest BCUT2D eigenvalue weighted by atomic mass is 10.3. The van der Waals surface area contributed by atoms with Gasteiger partial charge in [0.25, 0.3) is 0 Å². The largest absolute Gasteiger partial charge is 0.495 e. The van der Waals surface area contributed by atoms with E-state index in [1.165, 1.54) is 0 Å². The highest BCUT2D eigenvalue weighted by Gasteiger charge is 2.06. The van der Waals surface area contributed by atoms with Crippen molar-refractivity contribution in [3.05, 3.63) is 64.8 Å². The summed E-state index contributed by atoms with van der Waals surface area (Å²) in [6.45, 7) is 0. The van der Waals surface area contributed by atoms with E-state index in [4.69, 9.17) is 27.9 Å². The van der Waals surface area contributed by atoms with Crippen molar-refractivity contribution in [1.29, 1.82) is 0 Å². The van der Waals surface area contributed by atoms with Crippen LogP contribution in [0.25, 0.3) is 0 Å². The molecule has 3 aromatic rings. The quantitative estimate of drug-likeness (QED) is 0.648.